The van der Waals surface area contributed by atoms with Crippen molar-refractivity contribution in [3.8, 4) is 0 Å². The number of amides is 2. The third-order valence-corrected chi connectivity index (χ3v) is 4.22. The van der Waals surface area contributed by atoms with Gasteiger partial charge in [-0.1, -0.05) is 36.5 Å². The first kappa shape index (κ1) is 10.6. The van der Waals surface area contributed by atoms with Gasteiger partial charge in [-0.2, -0.15) is 0 Å². The molecule has 1 spiro atoms. The Kier molecular flexibility index (Phi) is 1.86. The molecule has 4 heteroatoms. The van der Waals surface area contributed by atoms with Gasteiger partial charge in [0.2, 0.25) is 0 Å². The summed E-state index contributed by atoms with van der Waals surface area (Å²) in [6.45, 7) is 0.509. The molecule has 4 aliphatic rings. The van der Waals surface area contributed by atoms with E-state index in [4.69, 9.17) is 0 Å². The molecule has 2 unspecified atom stereocenters. The molecule has 4 nitrogen and oxygen atoms in total. The number of hydrogen-bond donors (Lipinski definition) is 2. The predicted octanol–water partition coefficient (Wildman–Crippen LogP) is 1.16. The lowest BCUT2D eigenvalue weighted by molar-refractivity contribution is -0.111. The molecule has 94 valence electrons. The normalized spacial score (nSPS) is 34.3. The highest BCUT2D eigenvalue weighted by molar-refractivity contribution is 6.11. The van der Waals surface area contributed by atoms with E-state index in [-0.39, 0.29) is 17.7 Å². The molecule has 2 N–H and O–H groups in total. The van der Waals surface area contributed by atoms with Gasteiger partial charge >= 0.3 is 6.03 Å². The van der Waals surface area contributed by atoms with Gasteiger partial charge in [-0.25, -0.2) is 4.79 Å². The fourth-order valence-electron chi connectivity index (χ4n) is 3.44. The highest BCUT2D eigenvalue weighted by Gasteiger charge is 2.54. The van der Waals surface area contributed by atoms with E-state index in [2.05, 4.69) is 16.7 Å². The molecule has 0 aromatic heterocycles. The summed E-state index contributed by atoms with van der Waals surface area (Å²) in [5.41, 5.74) is 2.17. The van der Waals surface area contributed by atoms with E-state index in [1.165, 1.54) is 0 Å². The number of rotatable bonds is 0. The van der Waals surface area contributed by atoms with E-state index in [9.17, 15) is 9.59 Å². The molecule has 4 rings (SSSR count). The number of nitrogens with one attached hydrogen (secondary N) is 2. The summed E-state index contributed by atoms with van der Waals surface area (Å²) in [4.78, 5) is 23.8. The maximum Gasteiger partial charge on any atom is 0.315 e. The molecule has 1 fully saturated rings. The molecule has 0 aromatic carbocycles. The molecule has 2 atom stereocenters. The van der Waals surface area contributed by atoms with E-state index in [1.807, 2.05) is 24.3 Å². The van der Waals surface area contributed by atoms with Crippen LogP contribution in [0.25, 0.3) is 0 Å². The van der Waals surface area contributed by atoms with Gasteiger partial charge in [-0.15, -0.1) is 0 Å². The SMILES string of the molecule is O=C1NCC2(N1)C1=CC=CC(=O)C1=C1C=CC=CC12. The summed E-state index contributed by atoms with van der Waals surface area (Å²) >= 11 is 0. The average molecular weight is 252 g/mol. The second-order valence-electron chi connectivity index (χ2n) is 5.13. The molecular formula is C15H12N2O2. The summed E-state index contributed by atoms with van der Waals surface area (Å²) in [5.74, 6) is 0.0528. The Morgan fingerprint density at radius 1 is 1.16 bits per heavy atom. The van der Waals surface area contributed by atoms with E-state index < -0.39 is 5.54 Å². The fourth-order valence-corrected chi connectivity index (χ4v) is 3.44. The summed E-state index contributed by atoms with van der Waals surface area (Å²) in [7, 11) is 0. The first-order valence-electron chi connectivity index (χ1n) is 6.31. The van der Waals surface area contributed by atoms with Crippen molar-refractivity contribution in [1.29, 1.82) is 0 Å². The predicted molar refractivity (Wildman–Crippen MR) is 70.3 cm³/mol. The lowest BCUT2D eigenvalue weighted by atomic mass is 9.79. The fraction of sp³-hybridized carbons (Fsp3) is 0.200. The quantitative estimate of drug-likeness (QED) is 0.679. The molecule has 1 heterocycles. The first-order valence-corrected chi connectivity index (χ1v) is 6.31. The Balaban J connectivity index is 1.97. The van der Waals surface area contributed by atoms with Crippen LogP contribution in [0.2, 0.25) is 0 Å². The summed E-state index contributed by atoms with van der Waals surface area (Å²) in [6, 6.07) is -0.175. The third-order valence-electron chi connectivity index (χ3n) is 4.22. The molecule has 19 heavy (non-hydrogen) atoms. The smallest absolute Gasteiger partial charge is 0.315 e. The maximum absolute atomic E-state index is 12.2. The number of fused-ring (bicyclic) bond motifs is 4. The maximum atomic E-state index is 12.2. The van der Waals surface area contributed by atoms with Crippen molar-refractivity contribution < 1.29 is 9.59 Å². The Bertz CT molecular complexity index is 664. The topological polar surface area (TPSA) is 58.2 Å². The molecule has 1 aliphatic heterocycles. The monoisotopic (exact) mass is 252 g/mol. The summed E-state index contributed by atoms with van der Waals surface area (Å²) in [5, 5.41) is 5.84. The zero-order chi connectivity index (χ0) is 13.0. The van der Waals surface area contributed by atoms with Crippen LogP contribution in [0.5, 0.6) is 0 Å². The van der Waals surface area contributed by atoms with Gasteiger partial charge in [0, 0.05) is 18.0 Å². The van der Waals surface area contributed by atoms with Gasteiger partial charge in [0.25, 0.3) is 0 Å². The van der Waals surface area contributed by atoms with Crippen molar-refractivity contribution in [3.63, 3.8) is 0 Å². The molecule has 0 aromatic rings. The Labute approximate surface area is 110 Å². The molecule has 0 saturated carbocycles. The Hall–Kier alpha value is -2.36. The Morgan fingerprint density at radius 2 is 2.05 bits per heavy atom. The minimum absolute atomic E-state index is 0.0236. The van der Waals surface area contributed by atoms with Crippen molar-refractivity contribution in [3.05, 3.63) is 59.3 Å². The van der Waals surface area contributed by atoms with Crippen LogP contribution in [-0.2, 0) is 4.79 Å². The van der Waals surface area contributed by atoms with Crippen LogP contribution in [-0.4, -0.2) is 23.9 Å². The van der Waals surface area contributed by atoms with Crippen molar-refractivity contribution in [1.82, 2.24) is 10.6 Å². The number of ketones is 1. The largest absolute Gasteiger partial charge is 0.335 e. The van der Waals surface area contributed by atoms with Crippen LogP contribution in [0, 0.1) is 5.92 Å². The van der Waals surface area contributed by atoms with E-state index in [0.717, 1.165) is 16.7 Å². The van der Waals surface area contributed by atoms with E-state index in [1.54, 1.807) is 12.2 Å². The van der Waals surface area contributed by atoms with Crippen molar-refractivity contribution in [2.75, 3.05) is 6.54 Å². The lowest BCUT2D eigenvalue weighted by Crippen LogP contribution is -2.49. The zero-order valence-corrected chi connectivity index (χ0v) is 10.1. The highest BCUT2D eigenvalue weighted by atomic mass is 16.2. The lowest BCUT2D eigenvalue weighted by Gasteiger charge is -2.32. The van der Waals surface area contributed by atoms with Crippen LogP contribution in [0.4, 0.5) is 4.79 Å². The molecule has 3 aliphatic carbocycles. The minimum Gasteiger partial charge on any atom is -0.335 e. The van der Waals surface area contributed by atoms with Crippen LogP contribution >= 0.6 is 0 Å². The standard InChI is InChI=1S/C15H12N2O2/c18-12-7-3-6-11-13(12)9-4-1-2-5-10(9)15(11)8-16-14(19)17-15/h1-7,10H,8H2,(H2,16,17,19). The second-order valence-corrected chi connectivity index (χ2v) is 5.13. The highest BCUT2D eigenvalue weighted by Crippen LogP contribution is 2.49. The van der Waals surface area contributed by atoms with Gasteiger partial charge in [-0.05, 0) is 17.2 Å². The van der Waals surface area contributed by atoms with Crippen LogP contribution in [0.3, 0.4) is 0 Å². The van der Waals surface area contributed by atoms with Gasteiger partial charge < -0.3 is 10.6 Å². The Morgan fingerprint density at radius 3 is 2.84 bits per heavy atom. The summed E-state index contributed by atoms with van der Waals surface area (Å²) in [6.07, 6.45) is 13.2. The molecule has 0 bridgehead atoms. The molecular weight excluding hydrogens is 240 g/mol. The van der Waals surface area contributed by atoms with Crippen molar-refractivity contribution in [2.24, 2.45) is 5.92 Å². The molecule has 0 radical (unpaired) electrons. The number of carbonyl (C=O) groups is 2. The molecule has 2 amide bonds. The van der Waals surface area contributed by atoms with Crippen molar-refractivity contribution in [2.45, 2.75) is 5.54 Å². The van der Waals surface area contributed by atoms with Gasteiger partial charge in [0.05, 0.1) is 5.54 Å². The number of hydrogen-bond acceptors (Lipinski definition) is 2. The average Bonchev–Trinajstić information content (AvgIpc) is 2.93. The summed E-state index contributed by atoms with van der Waals surface area (Å²) < 4.78 is 0. The van der Waals surface area contributed by atoms with Gasteiger partial charge in [0.1, 0.15) is 0 Å². The second kappa shape index (κ2) is 3.35. The number of urea groups is 1. The number of carbonyl (C=O) groups excluding carboxylic acids is 2. The third kappa shape index (κ3) is 1.18. The first-order chi connectivity index (χ1) is 9.22. The zero-order valence-electron chi connectivity index (χ0n) is 10.1. The van der Waals surface area contributed by atoms with Crippen molar-refractivity contribution >= 4 is 11.8 Å². The van der Waals surface area contributed by atoms with E-state index in [0.29, 0.717) is 6.54 Å². The minimum atomic E-state index is -0.510. The van der Waals surface area contributed by atoms with Crippen LogP contribution in [0.1, 0.15) is 0 Å². The van der Waals surface area contributed by atoms with Crippen LogP contribution < -0.4 is 10.6 Å². The van der Waals surface area contributed by atoms with E-state index >= 15 is 0 Å². The van der Waals surface area contributed by atoms with Gasteiger partial charge in [-0.3, -0.25) is 4.79 Å². The van der Waals surface area contributed by atoms with Gasteiger partial charge in [0.15, 0.2) is 5.78 Å². The molecule has 1 saturated heterocycles. The number of allylic oxidation sites excluding steroid dienone is 6. The van der Waals surface area contributed by atoms with Crippen LogP contribution in [0.15, 0.2) is 59.3 Å².